The summed E-state index contributed by atoms with van der Waals surface area (Å²) in [5.74, 6) is -0.670. The van der Waals surface area contributed by atoms with E-state index >= 15 is 0 Å². The Labute approximate surface area is 224 Å². The topological polar surface area (TPSA) is 89.4 Å². The van der Waals surface area contributed by atoms with Gasteiger partial charge in [0.25, 0.3) is 5.56 Å². The average molecular weight is 533 g/mol. The van der Waals surface area contributed by atoms with Crippen molar-refractivity contribution in [3.8, 4) is 0 Å². The summed E-state index contributed by atoms with van der Waals surface area (Å²) >= 11 is 0. The number of benzene rings is 2. The lowest BCUT2D eigenvalue weighted by molar-refractivity contribution is 0.489. The molecule has 0 unspecified atom stereocenters. The van der Waals surface area contributed by atoms with E-state index in [0.717, 1.165) is 28.1 Å². The molecule has 2 aromatic heterocycles. The van der Waals surface area contributed by atoms with Gasteiger partial charge in [0.05, 0.1) is 13.1 Å². The van der Waals surface area contributed by atoms with Crippen molar-refractivity contribution in [3.63, 3.8) is 0 Å². The maximum Gasteiger partial charge on any atom is 0.331 e. The molecule has 5 rings (SSSR count). The molecule has 1 aliphatic heterocycles. The van der Waals surface area contributed by atoms with Crippen LogP contribution in [-0.2, 0) is 13.1 Å². The number of hydrogen-bond acceptors (Lipinski definition) is 6. The van der Waals surface area contributed by atoms with Crippen LogP contribution in [0.25, 0.3) is 0 Å². The summed E-state index contributed by atoms with van der Waals surface area (Å²) in [5.41, 5.74) is 6.47. The molecule has 0 spiro atoms. The zero-order chi connectivity index (χ0) is 27.5. The Hall–Kier alpha value is -4.31. The van der Waals surface area contributed by atoms with Crippen LogP contribution in [0.5, 0.6) is 0 Å². The minimum Gasteiger partial charge on any atom is -0.362 e. The maximum absolute atomic E-state index is 14.6. The van der Waals surface area contributed by atoms with Gasteiger partial charge in [-0.15, -0.1) is 0 Å². The monoisotopic (exact) mass is 532 g/mol. The van der Waals surface area contributed by atoms with Crippen molar-refractivity contribution in [1.82, 2.24) is 14.1 Å². The van der Waals surface area contributed by atoms with E-state index in [2.05, 4.69) is 9.88 Å². The summed E-state index contributed by atoms with van der Waals surface area (Å²) in [5, 5.41) is 0. The van der Waals surface area contributed by atoms with Gasteiger partial charge in [0.2, 0.25) is 0 Å². The van der Waals surface area contributed by atoms with Gasteiger partial charge in [-0.1, -0.05) is 42.5 Å². The van der Waals surface area contributed by atoms with Crippen molar-refractivity contribution < 1.29 is 8.78 Å². The van der Waals surface area contributed by atoms with E-state index in [1.807, 2.05) is 53.4 Å². The van der Waals surface area contributed by atoms with Crippen LogP contribution in [0.2, 0.25) is 0 Å². The molecule has 10 heteroatoms. The van der Waals surface area contributed by atoms with E-state index in [0.29, 0.717) is 37.6 Å². The van der Waals surface area contributed by atoms with Gasteiger partial charge in [-0.25, -0.2) is 18.6 Å². The Kier molecular flexibility index (Phi) is 7.56. The zero-order valence-corrected chi connectivity index (χ0v) is 21.6. The fraction of sp³-hybridized carbons (Fsp3) is 0.276. The van der Waals surface area contributed by atoms with Crippen molar-refractivity contribution in [3.05, 3.63) is 122 Å². The third-order valence-electron chi connectivity index (χ3n) is 7.21. The Morgan fingerprint density at radius 3 is 2.13 bits per heavy atom. The Bertz CT molecular complexity index is 1540. The lowest BCUT2D eigenvalue weighted by atomic mass is 10.1. The Morgan fingerprint density at radius 2 is 1.49 bits per heavy atom. The summed E-state index contributed by atoms with van der Waals surface area (Å²) < 4.78 is 31.6. The second kappa shape index (κ2) is 11.2. The first kappa shape index (κ1) is 26.3. The predicted octanol–water partition coefficient (Wildman–Crippen LogP) is 3.07. The summed E-state index contributed by atoms with van der Waals surface area (Å²) in [7, 11) is 0. The minimum atomic E-state index is -0.759. The molecule has 202 valence electrons. The minimum absolute atomic E-state index is 0.0807. The van der Waals surface area contributed by atoms with Crippen LogP contribution in [-0.4, -0.2) is 40.3 Å². The molecular formula is C29H30F2N6O2. The van der Waals surface area contributed by atoms with E-state index in [4.69, 9.17) is 5.73 Å². The van der Waals surface area contributed by atoms with Crippen LogP contribution in [0, 0.1) is 18.6 Å². The van der Waals surface area contributed by atoms with Gasteiger partial charge < -0.3 is 15.5 Å². The molecule has 2 aromatic carbocycles. The van der Waals surface area contributed by atoms with E-state index in [-0.39, 0.29) is 18.7 Å². The molecule has 1 aliphatic rings. The van der Waals surface area contributed by atoms with Crippen LogP contribution >= 0.6 is 0 Å². The fourth-order valence-electron chi connectivity index (χ4n) is 5.04. The number of pyridine rings is 1. The standard InChI is InChI=1S/C29H30F2N6O2/c1-20-27(35-16-14-34(15-17-35)26-12-5-6-13-33-26)28(38)37(19-25(32)21-8-3-2-4-9-21)29(39)36(20)18-22-23(30)10-7-11-24(22)31/h2-13,25H,14-19,32H2,1H3/t25-/m0/s1. The zero-order valence-electron chi connectivity index (χ0n) is 21.6. The summed E-state index contributed by atoms with van der Waals surface area (Å²) in [6.07, 6.45) is 1.73. The summed E-state index contributed by atoms with van der Waals surface area (Å²) in [4.78, 5) is 36.0. The molecule has 39 heavy (non-hydrogen) atoms. The molecule has 0 aliphatic carbocycles. The van der Waals surface area contributed by atoms with Gasteiger partial charge in [-0.3, -0.25) is 13.9 Å². The van der Waals surface area contributed by atoms with Crippen molar-refractivity contribution in [1.29, 1.82) is 0 Å². The quantitative estimate of drug-likeness (QED) is 0.394. The molecule has 0 saturated carbocycles. The molecular weight excluding hydrogens is 502 g/mol. The van der Waals surface area contributed by atoms with E-state index < -0.39 is 28.9 Å². The van der Waals surface area contributed by atoms with E-state index in [9.17, 15) is 18.4 Å². The molecule has 0 bridgehead atoms. The molecule has 3 heterocycles. The van der Waals surface area contributed by atoms with Gasteiger partial charge in [0, 0.05) is 49.7 Å². The smallest absolute Gasteiger partial charge is 0.331 e. The van der Waals surface area contributed by atoms with Crippen molar-refractivity contribution >= 4 is 11.5 Å². The highest BCUT2D eigenvalue weighted by molar-refractivity contribution is 5.51. The number of hydrogen-bond donors (Lipinski definition) is 1. The summed E-state index contributed by atoms with van der Waals surface area (Å²) in [6.45, 7) is 3.44. The Balaban J connectivity index is 1.55. The average Bonchev–Trinajstić information content (AvgIpc) is 2.96. The lowest BCUT2D eigenvalue weighted by Crippen LogP contribution is -2.52. The Morgan fingerprint density at radius 1 is 0.846 bits per heavy atom. The number of aromatic nitrogens is 3. The van der Waals surface area contributed by atoms with Crippen LogP contribution in [0.1, 0.15) is 22.9 Å². The number of nitrogens with zero attached hydrogens (tertiary/aromatic N) is 5. The van der Waals surface area contributed by atoms with Gasteiger partial charge in [0.15, 0.2) is 0 Å². The van der Waals surface area contributed by atoms with E-state index in [1.165, 1.54) is 10.6 Å². The fourth-order valence-corrected chi connectivity index (χ4v) is 5.04. The first-order valence-corrected chi connectivity index (χ1v) is 12.8. The maximum atomic E-state index is 14.6. The number of anilines is 2. The normalized spacial score (nSPS) is 14.5. The third-order valence-corrected chi connectivity index (χ3v) is 7.21. The van der Waals surface area contributed by atoms with Gasteiger partial charge in [-0.05, 0) is 36.8 Å². The number of halogens is 2. The van der Waals surface area contributed by atoms with Crippen LogP contribution in [0.3, 0.4) is 0 Å². The van der Waals surface area contributed by atoms with Crippen molar-refractivity contribution in [2.75, 3.05) is 36.0 Å². The molecule has 1 fully saturated rings. The summed E-state index contributed by atoms with van der Waals surface area (Å²) in [6, 6.07) is 17.8. The number of nitrogens with two attached hydrogens (primary N) is 1. The second-order valence-corrected chi connectivity index (χ2v) is 9.60. The first-order valence-electron chi connectivity index (χ1n) is 12.8. The molecule has 1 atom stereocenters. The number of rotatable bonds is 7. The van der Waals surface area contributed by atoms with Crippen molar-refractivity contribution in [2.45, 2.75) is 26.1 Å². The third kappa shape index (κ3) is 5.33. The highest BCUT2D eigenvalue weighted by Gasteiger charge is 2.27. The molecule has 8 nitrogen and oxygen atoms in total. The highest BCUT2D eigenvalue weighted by Crippen LogP contribution is 2.21. The largest absolute Gasteiger partial charge is 0.362 e. The SMILES string of the molecule is Cc1c(N2CCN(c3ccccn3)CC2)c(=O)n(C[C@H](N)c2ccccc2)c(=O)n1Cc1c(F)cccc1F. The molecule has 0 radical (unpaired) electrons. The van der Waals surface area contributed by atoms with Crippen molar-refractivity contribution in [2.24, 2.45) is 5.73 Å². The van der Waals surface area contributed by atoms with Crippen LogP contribution in [0.4, 0.5) is 20.3 Å². The lowest BCUT2D eigenvalue weighted by Gasteiger charge is -2.37. The van der Waals surface area contributed by atoms with Crippen LogP contribution < -0.4 is 26.8 Å². The molecule has 2 N–H and O–H groups in total. The highest BCUT2D eigenvalue weighted by atomic mass is 19.1. The van der Waals surface area contributed by atoms with Gasteiger partial charge in [0.1, 0.15) is 23.1 Å². The molecule has 4 aromatic rings. The number of piperazine rings is 1. The molecule has 0 amide bonds. The first-order chi connectivity index (χ1) is 18.8. The predicted molar refractivity (Wildman–Crippen MR) is 147 cm³/mol. The second-order valence-electron chi connectivity index (χ2n) is 9.60. The van der Waals surface area contributed by atoms with Crippen LogP contribution in [0.15, 0.2) is 82.5 Å². The molecule has 1 saturated heterocycles. The van der Waals surface area contributed by atoms with E-state index in [1.54, 1.807) is 13.1 Å². The van der Waals surface area contributed by atoms with Gasteiger partial charge in [-0.2, -0.15) is 0 Å². The van der Waals surface area contributed by atoms with Gasteiger partial charge >= 0.3 is 5.69 Å².